The molecule has 2 aromatic rings. The van der Waals surface area contributed by atoms with Crippen LogP contribution in [0.3, 0.4) is 0 Å². The van der Waals surface area contributed by atoms with Gasteiger partial charge in [0.2, 0.25) is 0 Å². The Morgan fingerprint density at radius 1 is 0.882 bits per heavy atom. The van der Waals surface area contributed by atoms with Crippen molar-refractivity contribution in [3.8, 4) is 11.5 Å². The van der Waals surface area contributed by atoms with Gasteiger partial charge >= 0.3 is 9.76 Å². The SMILES string of the molecule is COc1ccccc1O[Si]Cc1ccccc1. The Morgan fingerprint density at radius 2 is 1.53 bits per heavy atom. The highest BCUT2D eigenvalue weighted by atomic mass is 28.2. The summed E-state index contributed by atoms with van der Waals surface area (Å²) in [6, 6.07) is 19.0. The van der Waals surface area contributed by atoms with Crippen LogP contribution in [0.2, 0.25) is 0 Å². The lowest BCUT2D eigenvalue weighted by Gasteiger charge is -2.09. The molecule has 0 amide bonds. The maximum absolute atomic E-state index is 5.73. The largest absolute Gasteiger partial charge is 0.538 e. The summed E-state index contributed by atoms with van der Waals surface area (Å²) in [5, 5.41) is 0. The van der Waals surface area contributed by atoms with E-state index in [1.54, 1.807) is 7.11 Å². The third kappa shape index (κ3) is 3.36. The summed E-state index contributed by atoms with van der Waals surface area (Å²) in [6.45, 7) is 0. The van der Waals surface area contributed by atoms with Crippen LogP contribution in [0.1, 0.15) is 5.56 Å². The molecule has 0 aliphatic rings. The predicted octanol–water partition coefficient (Wildman–Crippen LogP) is 2.89. The minimum absolute atomic E-state index is 0.407. The van der Waals surface area contributed by atoms with Gasteiger partial charge < -0.3 is 9.16 Å². The molecule has 0 aromatic heterocycles. The molecular formula is C14H14O2Si. The van der Waals surface area contributed by atoms with Gasteiger partial charge in [-0.2, -0.15) is 0 Å². The molecular weight excluding hydrogens is 228 g/mol. The molecule has 3 heteroatoms. The first-order valence-electron chi connectivity index (χ1n) is 5.47. The molecule has 0 unspecified atom stereocenters. The summed E-state index contributed by atoms with van der Waals surface area (Å²) in [6.07, 6.45) is 0. The third-order valence-electron chi connectivity index (χ3n) is 2.37. The highest BCUT2D eigenvalue weighted by Crippen LogP contribution is 2.25. The third-order valence-corrected chi connectivity index (χ3v) is 3.29. The fourth-order valence-corrected chi connectivity index (χ4v) is 2.29. The lowest BCUT2D eigenvalue weighted by molar-refractivity contribution is 0.395. The fourth-order valence-electron chi connectivity index (χ4n) is 1.50. The summed E-state index contributed by atoms with van der Waals surface area (Å²) in [4.78, 5) is 0. The van der Waals surface area contributed by atoms with Crippen LogP contribution >= 0.6 is 0 Å². The van der Waals surface area contributed by atoms with Gasteiger partial charge in [-0.3, -0.25) is 0 Å². The van der Waals surface area contributed by atoms with Crippen molar-refractivity contribution in [2.75, 3.05) is 7.11 Å². The number of rotatable bonds is 5. The molecule has 0 atom stereocenters. The molecule has 0 aliphatic heterocycles. The second-order valence-corrected chi connectivity index (χ2v) is 4.41. The van der Waals surface area contributed by atoms with Gasteiger partial charge in [-0.1, -0.05) is 42.5 Å². The van der Waals surface area contributed by atoms with Crippen molar-refractivity contribution >= 4 is 9.76 Å². The first kappa shape index (κ1) is 11.7. The number of benzene rings is 2. The van der Waals surface area contributed by atoms with E-state index < -0.39 is 0 Å². The minimum atomic E-state index is 0.407. The van der Waals surface area contributed by atoms with Gasteiger partial charge in [-0.25, -0.2) is 0 Å². The smallest absolute Gasteiger partial charge is 0.315 e. The Hall–Kier alpha value is -1.74. The van der Waals surface area contributed by atoms with Crippen molar-refractivity contribution in [3.63, 3.8) is 0 Å². The number of ether oxygens (including phenoxy) is 1. The van der Waals surface area contributed by atoms with Gasteiger partial charge in [0.05, 0.1) is 7.11 Å². The molecule has 2 radical (unpaired) electrons. The quantitative estimate of drug-likeness (QED) is 0.751. The van der Waals surface area contributed by atoms with Crippen LogP contribution in [0, 0.1) is 0 Å². The van der Waals surface area contributed by atoms with Gasteiger partial charge in [0.25, 0.3) is 0 Å². The maximum Gasteiger partial charge on any atom is 0.315 e. The molecule has 0 N–H and O–H groups in total. The van der Waals surface area contributed by atoms with E-state index in [1.165, 1.54) is 5.56 Å². The van der Waals surface area contributed by atoms with Crippen molar-refractivity contribution in [1.29, 1.82) is 0 Å². The van der Waals surface area contributed by atoms with Crippen molar-refractivity contribution in [2.45, 2.75) is 6.04 Å². The first-order chi connectivity index (χ1) is 8.40. The molecule has 0 saturated carbocycles. The van der Waals surface area contributed by atoms with Gasteiger partial charge in [0, 0.05) is 6.04 Å². The molecule has 2 aromatic carbocycles. The fraction of sp³-hybridized carbons (Fsp3) is 0.143. The van der Waals surface area contributed by atoms with E-state index in [4.69, 9.17) is 9.16 Å². The van der Waals surface area contributed by atoms with Crippen LogP contribution < -0.4 is 9.16 Å². The highest BCUT2D eigenvalue weighted by Gasteiger charge is 2.03. The highest BCUT2D eigenvalue weighted by molar-refractivity contribution is 6.27. The molecule has 2 nitrogen and oxygen atoms in total. The summed E-state index contributed by atoms with van der Waals surface area (Å²) in [5.74, 6) is 1.59. The van der Waals surface area contributed by atoms with Crippen LogP contribution in [-0.2, 0) is 6.04 Å². The van der Waals surface area contributed by atoms with Gasteiger partial charge in [0.15, 0.2) is 5.75 Å². The number of methoxy groups -OCH3 is 1. The van der Waals surface area contributed by atoms with E-state index in [0.717, 1.165) is 17.5 Å². The molecule has 17 heavy (non-hydrogen) atoms. The van der Waals surface area contributed by atoms with Crippen LogP contribution in [0.15, 0.2) is 54.6 Å². The standard InChI is InChI=1S/C14H14O2Si/c1-15-13-9-5-6-10-14(13)16-17-11-12-7-3-2-4-8-12/h2-10H,11H2,1H3. The molecule has 0 heterocycles. The second kappa shape index (κ2) is 6.11. The zero-order valence-electron chi connectivity index (χ0n) is 9.72. The monoisotopic (exact) mass is 242 g/mol. The van der Waals surface area contributed by atoms with Crippen molar-refractivity contribution in [3.05, 3.63) is 60.2 Å². The Bertz CT molecular complexity index is 457. The topological polar surface area (TPSA) is 18.5 Å². The Morgan fingerprint density at radius 3 is 2.24 bits per heavy atom. The van der Waals surface area contributed by atoms with Gasteiger partial charge in [0.1, 0.15) is 5.75 Å². The molecule has 0 aliphatic carbocycles. The number of hydrogen-bond donors (Lipinski definition) is 0. The molecule has 86 valence electrons. The maximum atomic E-state index is 5.73. The number of hydrogen-bond acceptors (Lipinski definition) is 2. The molecule has 0 saturated heterocycles. The van der Waals surface area contributed by atoms with E-state index in [-0.39, 0.29) is 0 Å². The molecule has 0 spiro atoms. The number of para-hydroxylation sites is 2. The first-order valence-corrected chi connectivity index (χ1v) is 6.58. The van der Waals surface area contributed by atoms with Crippen LogP contribution in [0.4, 0.5) is 0 Å². The lowest BCUT2D eigenvalue weighted by Crippen LogP contribution is -2.07. The van der Waals surface area contributed by atoms with E-state index in [2.05, 4.69) is 12.1 Å². The zero-order valence-corrected chi connectivity index (χ0v) is 10.7. The average Bonchev–Trinajstić information content (AvgIpc) is 2.40. The second-order valence-electron chi connectivity index (χ2n) is 3.56. The molecule has 0 fully saturated rings. The van der Waals surface area contributed by atoms with Gasteiger partial charge in [-0.05, 0) is 17.7 Å². The molecule has 2 rings (SSSR count). The van der Waals surface area contributed by atoms with E-state index in [1.807, 2.05) is 42.5 Å². The summed E-state index contributed by atoms with van der Waals surface area (Å²) >= 11 is 0. The van der Waals surface area contributed by atoms with E-state index in [0.29, 0.717) is 9.76 Å². The minimum Gasteiger partial charge on any atom is -0.538 e. The normalized spacial score (nSPS) is 9.94. The summed E-state index contributed by atoms with van der Waals surface area (Å²) < 4.78 is 11.0. The Balaban J connectivity index is 1.90. The zero-order chi connectivity index (χ0) is 11.9. The molecule has 0 bridgehead atoms. The van der Waals surface area contributed by atoms with Crippen molar-refractivity contribution < 1.29 is 9.16 Å². The van der Waals surface area contributed by atoms with Gasteiger partial charge in [-0.15, -0.1) is 0 Å². The van der Waals surface area contributed by atoms with Crippen molar-refractivity contribution in [2.24, 2.45) is 0 Å². The predicted molar refractivity (Wildman–Crippen MR) is 69.5 cm³/mol. The van der Waals surface area contributed by atoms with Crippen LogP contribution in [0.5, 0.6) is 11.5 Å². The van der Waals surface area contributed by atoms with E-state index in [9.17, 15) is 0 Å². The Kier molecular flexibility index (Phi) is 4.21. The van der Waals surface area contributed by atoms with Crippen molar-refractivity contribution in [1.82, 2.24) is 0 Å². The lowest BCUT2D eigenvalue weighted by atomic mass is 10.2. The van der Waals surface area contributed by atoms with E-state index >= 15 is 0 Å². The summed E-state index contributed by atoms with van der Waals surface area (Å²) in [5.41, 5.74) is 1.29. The summed E-state index contributed by atoms with van der Waals surface area (Å²) in [7, 11) is 2.06. The average molecular weight is 242 g/mol. The van der Waals surface area contributed by atoms with Crippen LogP contribution in [0.25, 0.3) is 0 Å². The van der Waals surface area contributed by atoms with Crippen LogP contribution in [-0.4, -0.2) is 16.9 Å². The Labute approximate surface area is 104 Å².